The molecular formula is C11H15N3. The molecule has 1 N–H and O–H groups in total. The number of nitrogens with zero attached hydrogens (tertiary/aromatic N) is 2. The van der Waals surface area contributed by atoms with Crippen LogP contribution in [-0.4, -0.2) is 16.6 Å². The summed E-state index contributed by atoms with van der Waals surface area (Å²) in [6.07, 6.45) is 0. The Morgan fingerprint density at radius 3 is 2.86 bits per heavy atom. The number of fused-ring (bicyclic) bond motifs is 1. The van der Waals surface area contributed by atoms with Gasteiger partial charge in [-0.3, -0.25) is 0 Å². The fraction of sp³-hybridized carbons (Fsp3) is 0.364. The van der Waals surface area contributed by atoms with Crippen LogP contribution in [0.5, 0.6) is 0 Å². The number of benzene rings is 1. The zero-order valence-electron chi connectivity index (χ0n) is 8.83. The maximum Gasteiger partial charge on any atom is 0.203 e. The lowest BCUT2D eigenvalue weighted by Gasteiger charge is -2.04. The van der Waals surface area contributed by atoms with E-state index < -0.39 is 0 Å². The summed E-state index contributed by atoms with van der Waals surface area (Å²) in [5.74, 6) is 0.938. The molecule has 0 fully saturated rings. The summed E-state index contributed by atoms with van der Waals surface area (Å²) >= 11 is 0. The minimum atomic E-state index is 0.938. The number of aryl methyl sites for hydroxylation is 2. The monoisotopic (exact) mass is 189 g/mol. The summed E-state index contributed by atoms with van der Waals surface area (Å²) in [7, 11) is 1.90. The van der Waals surface area contributed by atoms with Crippen molar-refractivity contribution in [2.24, 2.45) is 0 Å². The van der Waals surface area contributed by atoms with Crippen molar-refractivity contribution in [3.63, 3.8) is 0 Å². The molecule has 1 aromatic heterocycles. The smallest absolute Gasteiger partial charge is 0.203 e. The average molecular weight is 189 g/mol. The van der Waals surface area contributed by atoms with Gasteiger partial charge in [-0.2, -0.15) is 0 Å². The molecule has 2 aromatic rings. The van der Waals surface area contributed by atoms with Crippen LogP contribution in [0.3, 0.4) is 0 Å². The Balaban J connectivity index is 2.74. The molecule has 1 aromatic carbocycles. The van der Waals surface area contributed by atoms with E-state index in [-0.39, 0.29) is 0 Å². The second kappa shape index (κ2) is 3.33. The van der Waals surface area contributed by atoms with Gasteiger partial charge in [0.1, 0.15) is 0 Å². The minimum Gasteiger partial charge on any atom is -0.359 e. The van der Waals surface area contributed by atoms with Gasteiger partial charge in [-0.1, -0.05) is 6.07 Å². The van der Waals surface area contributed by atoms with Crippen LogP contribution in [-0.2, 0) is 6.54 Å². The number of anilines is 1. The normalized spacial score (nSPS) is 10.8. The van der Waals surface area contributed by atoms with Crippen LogP contribution >= 0.6 is 0 Å². The topological polar surface area (TPSA) is 29.9 Å². The van der Waals surface area contributed by atoms with Crippen molar-refractivity contribution in [1.29, 1.82) is 0 Å². The summed E-state index contributed by atoms with van der Waals surface area (Å²) in [5.41, 5.74) is 3.54. The zero-order valence-corrected chi connectivity index (χ0v) is 8.83. The highest BCUT2D eigenvalue weighted by atomic mass is 15.2. The molecule has 0 amide bonds. The molecule has 0 saturated heterocycles. The highest BCUT2D eigenvalue weighted by molar-refractivity contribution is 5.79. The minimum absolute atomic E-state index is 0.938. The molecule has 0 atom stereocenters. The first-order valence-electron chi connectivity index (χ1n) is 4.91. The first kappa shape index (κ1) is 9.06. The average Bonchev–Trinajstić information content (AvgIpc) is 2.54. The largest absolute Gasteiger partial charge is 0.359 e. The van der Waals surface area contributed by atoms with E-state index in [0.717, 1.165) is 18.0 Å². The highest BCUT2D eigenvalue weighted by Crippen LogP contribution is 2.20. The molecule has 3 heteroatoms. The predicted octanol–water partition coefficient (Wildman–Crippen LogP) is 2.41. The van der Waals surface area contributed by atoms with Crippen LogP contribution in [0.2, 0.25) is 0 Å². The third-order valence-electron chi connectivity index (χ3n) is 2.44. The van der Waals surface area contributed by atoms with E-state index in [0.29, 0.717) is 0 Å². The third-order valence-corrected chi connectivity index (χ3v) is 2.44. The Labute approximate surface area is 83.8 Å². The SMILES string of the molecule is CCn1c(NC)nc2ccc(C)cc21. The van der Waals surface area contributed by atoms with Crippen molar-refractivity contribution in [3.05, 3.63) is 23.8 Å². The second-order valence-corrected chi connectivity index (χ2v) is 3.42. The van der Waals surface area contributed by atoms with Gasteiger partial charge < -0.3 is 9.88 Å². The Kier molecular flexibility index (Phi) is 2.15. The van der Waals surface area contributed by atoms with E-state index >= 15 is 0 Å². The van der Waals surface area contributed by atoms with Crippen molar-refractivity contribution in [1.82, 2.24) is 9.55 Å². The van der Waals surface area contributed by atoms with Gasteiger partial charge in [-0.05, 0) is 31.5 Å². The molecule has 0 aliphatic rings. The highest BCUT2D eigenvalue weighted by Gasteiger charge is 2.07. The van der Waals surface area contributed by atoms with Crippen molar-refractivity contribution >= 4 is 17.0 Å². The Hall–Kier alpha value is -1.51. The van der Waals surface area contributed by atoms with Crippen LogP contribution in [0, 0.1) is 6.92 Å². The summed E-state index contributed by atoms with van der Waals surface area (Å²) < 4.78 is 2.18. The van der Waals surface area contributed by atoms with E-state index in [1.807, 2.05) is 7.05 Å². The molecule has 74 valence electrons. The maximum absolute atomic E-state index is 4.49. The van der Waals surface area contributed by atoms with Gasteiger partial charge in [0.15, 0.2) is 0 Å². The quantitative estimate of drug-likeness (QED) is 0.786. The summed E-state index contributed by atoms with van der Waals surface area (Å²) in [6.45, 7) is 5.17. The predicted molar refractivity (Wildman–Crippen MR) is 59.7 cm³/mol. The first-order chi connectivity index (χ1) is 6.76. The number of hydrogen-bond acceptors (Lipinski definition) is 2. The van der Waals surface area contributed by atoms with E-state index in [1.54, 1.807) is 0 Å². The first-order valence-corrected chi connectivity index (χ1v) is 4.91. The van der Waals surface area contributed by atoms with Crippen molar-refractivity contribution in [2.75, 3.05) is 12.4 Å². The van der Waals surface area contributed by atoms with Crippen molar-refractivity contribution < 1.29 is 0 Å². The van der Waals surface area contributed by atoms with Crippen LogP contribution in [0.1, 0.15) is 12.5 Å². The molecule has 0 bridgehead atoms. The van der Waals surface area contributed by atoms with Crippen LogP contribution in [0.25, 0.3) is 11.0 Å². The van der Waals surface area contributed by atoms with Crippen molar-refractivity contribution in [3.8, 4) is 0 Å². The fourth-order valence-corrected chi connectivity index (χ4v) is 1.74. The van der Waals surface area contributed by atoms with Crippen LogP contribution in [0.4, 0.5) is 5.95 Å². The van der Waals surface area contributed by atoms with Gasteiger partial charge in [0.2, 0.25) is 5.95 Å². The summed E-state index contributed by atoms with van der Waals surface area (Å²) in [5, 5.41) is 3.11. The Bertz CT molecular complexity index is 457. The maximum atomic E-state index is 4.49. The number of aromatic nitrogens is 2. The number of rotatable bonds is 2. The van der Waals surface area contributed by atoms with Gasteiger partial charge in [0.25, 0.3) is 0 Å². The zero-order chi connectivity index (χ0) is 10.1. The molecule has 0 spiro atoms. The molecule has 0 aliphatic heterocycles. The lowest BCUT2D eigenvalue weighted by molar-refractivity contribution is 0.794. The van der Waals surface area contributed by atoms with Gasteiger partial charge in [-0.15, -0.1) is 0 Å². The molecule has 14 heavy (non-hydrogen) atoms. The van der Waals surface area contributed by atoms with Gasteiger partial charge in [0.05, 0.1) is 11.0 Å². The lowest BCUT2D eigenvalue weighted by Crippen LogP contribution is -2.01. The standard InChI is InChI=1S/C11H15N3/c1-4-14-10-7-8(2)5-6-9(10)13-11(14)12-3/h5-7H,4H2,1-3H3,(H,12,13). The lowest BCUT2D eigenvalue weighted by atomic mass is 10.2. The van der Waals surface area contributed by atoms with E-state index in [1.165, 1.54) is 11.1 Å². The van der Waals surface area contributed by atoms with Gasteiger partial charge in [-0.25, -0.2) is 4.98 Å². The fourth-order valence-electron chi connectivity index (χ4n) is 1.74. The van der Waals surface area contributed by atoms with Gasteiger partial charge >= 0.3 is 0 Å². The molecule has 0 aliphatic carbocycles. The summed E-state index contributed by atoms with van der Waals surface area (Å²) in [4.78, 5) is 4.49. The third kappa shape index (κ3) is 1.25. The Morgan fingerprint density at radius 1 is 1.43 bits per heavy atom. The van der Waals surface area contributed by atoms with E-state index in [9.17, 15) is 0 Å². The molecule has 3 nitrogen and oxygen atoms in total. The van der Waals surface area contributed by atoms with Crippen molar-refractivity contribution in [2.45, 2.75) is 20.4 Å². The Morgan fingerprint density at radius 2 is 2.21 bits per heavy atom. The number of nitrogens with one attached hydrogen (secondary N) is 1. The molecule has 0 unspecified atom stereocenters. The second-order valence-electron chi connectivity index (χ2n) is 3.42. The molecule has 1 heterocycles. The number of imidazole rings is 1. The summed E-state index contributed by atoms with van der Waals surface area (Å²) in [6, 6.07) is 6.33. The van der Waals surface area contributed by atoms with E-state index in [4.69, 9.17) is 0 Å². The molecule has 0 saturated carbocycles. The molecule has 2 rings (SSSR count). The van der Waals surface area contributed by atoms with E-state index in [2.05, 4.69) is 46.9 Å². The molecule has 0 radical (unpaired) electrons. The van der Waals surface area contributed by atoms with Gasteiger partial charge in [0, 0.05) is 13.6 Å². The van der Waals surface area contributed by atoms with Crippen LogP contribution < -0.4 is 5.32 Å². The number of hydrogen-bond donors (Lipinski definition) is 1. The molecular weight excluding hydrogens is 174 g/mol. The van der Waals surface area contributed by atoms with Crippen LogP contribution in [0.15, 0.2) is 18.2 Å².